The number of carbonyl (C=O) groups excluding carboxylic acids is 1. The van der Waals surface area contributed by atoms with Crippen molar-refractivity contribution in [3.8, 4) is 11.6 Å². The first-order valence-electron chi connectivity index (χ1n) is 9.52. The number of para-hydroxylation sites is 1. The van der Waals surface area contributed by atoms with Crippen LogP contribution in [0.4, 0.5) is 0 Å². The minimum Gasteiger partial charge on any atom is -0.404 e. The first-order chi connectivity index (χ1) is 13.7. The Morgan fingerprint density at radius 1 is 1.00 bits per heavy atom. The second kappa shape index (κ2) is 7.69. The molecule has 140 valence electrons. The number of hydrogen-bond donors (Lipinski definition) is 0. The smallest absolute Gasteiger partial charge is 0.345 e. The lowest BCUT2D eigenvalue weighted by atomic mass is 10.1. The molecular formula is C24H22N2O2. The number of esters is 1. The highest BCUT2D eigenvalue weighted by Gasteiger charge is 2.18. The maximum absolute atomic E-state index is 13.0. The van der Waals surface area contributed by atoms with Crippen LogP contribution < -0.4 is 4.74 Å². The van der Waals surface area contributed by atoms with Gasteiger partial charge < -0.3 is 4.74 Å². The number of nitrogens with zero attached hydrogens (tertiary/aromatic N) is 2. The van der Waals surface area contributed by atoms with Crippen LogP contribution in [0.2, 0.25) is 0 Å². The van der Waals surface area contributed by atoms with Crippen LogP contribution in [0.15, 0.2) is 72.8 Å². The number of benzene rings is 3. The van der Waals surface area contributed by atoms with Gasteiger partial charge in [-0.25, -0.2) is 9.48 Å². The van der Waals surface area contributed by atoms with Crippen molar-refractivity contribution in [1.29, 1.82) is 0 Å². The molecule has 0 aliphatic rings. The van der Waals surface area contributed by atoms with E-state index in [9.17, 15) is 4.79 Å². The van der Waals surface area contributed by atoms with Crippen LogP contribution in [-0.4, -0.2) is 15.7 Å². The van der Waals surface area contributed by atoms with Gasteiger partial charge >= 0.3 is 5.97 Å². The lowest BCUT2D eigenvalue weighted by molar-refractivity contribution is 0.0725. The summed E-state index contributed by atoms with van der Waals surface area (Å²) >= 11 is 0. The highest BCUT2D eigenvalue weighted by atomic mass is 16.5. The average Bonchev–Trinajstić information content (AvgIpc) is 3.10. The van der Waals surface area contributed by atoms with E-state index in [1.165, 1.54) is 0 Å². The lowest BCUT2D eigenvalue weighted by Gasteiger charge is -2.11. The molecule has 0 unspecified atom stereocenters. The molecule has 0 bridgehead atoms. The predicted molar refractivity (Wildman–Crippen MR) is 111 cm³/mol. The number of aromatic nitrogens is 2. The molecule has 0 aliphatic heterocycles. The van der Waals surface area contributed by atoms with Crippen LogP contribution in [0.5, 0.6) is 5.88 Å². The van der Waals surface area contributed by atoms with E-state index < -0.39 is 0 Å². The average molecular weight is 370 g/mol. The van der Waals surface area contributed by atoms with Crippen molar-refractivity contribution < 1.29 is 9.53 Å². The molecule has 4 nitrogen and oxygen atoms in total. The lowest BCUT2D eigenvalue weighted by Crippen LogP contribution is -2.12. The van der Waals surface area contributed by atoms with Crippen LogP contribution in [-0.2, 0) is 6.42 Å². The number of hydrogen-bond acceptors (Lipinski definition) is 3. The molecule has 0 N–H and O–H groups in total. The third-order valence-electron chi connectivity index (χ3n) is 4.78. The molecule has 0 amide bonds. The molecule has 0 saturated carbocycles. The van der Waals surface area contributed by atoms with Crippen molar-refractivity contribution >= 4 is 16.7 Å². The van der Waals surface area contributed by atoms with E-state index in [1.807, 2.05) is 73.7 Å². The van der Waals surface area contributed by atoms with Crippen molar-refractivity contribution in [2.45, 2.75) is 26.7 Å². The first kappa shape index (κ1) is 18.0. The Balaban J connectivity index is 1.75. The number of fused-ring (bicyclic) bond motifs is 1. The summed E-state index contributed by atoms with van der Waals surface area (Å²) in [5, 5.41) is 6.57. The van der Waals surface area contributed by atoms with E-state index in [4.69, 9.17) is 4.74 Å². The third kappa shape index (κ3) is 3.41. The second-order valence-electron chi connectivity index (χ2n) is 6.84. The minimum atomic E-state index is -0.380. The van der Waals surface area contributed by atoms with Crippen LogP contribution in [0.25, 0.3) is 16.5 Å². The topological polar surface area (TPSA) is 44.1 Å². The van der Waals surface area contributed by atoms with E-state index in [2.05, 4.69) is 12.0 Å². The predicted octanol–water partition coefficient (Wildman–Crippen LogP) is 5.51. The third-order valence-corrected chi connectivity index (χ3v) is 4.78. The first-order valence-corrected chi connectivity index (χ1v) is 9.52. The van der Waals surface area contributed by atoms with Gasteiger partial charge in [-0.1, -0.05) is 67.9 Å². The maximum atomic E-state index is 13.0. The summed E-state index contributed by atoms with van der Waals surface area (Å²) in [6.45, 7) is 4.13. The Kier molecular flexibility index (Phi) is 4.94. The number of rotatable bonds is 5. The quantitative estimate of drug-likeness (QED) is 0.435. The normalized spacial score (nSPS) is 10.9. The molecule has 28 heavy (non-hydrogen) atoms. The highest BCUT2D eigenvalue weighted by molar-refractivity contribution is 6.05. The van der Waals surface area contributed by atoms with Crippen LogP contribution in [0.1, 0.15) is 35.0 Å². The van der Waals surface area contributed by atoms with E-state index >= 15 is 0 Å². The number of aryl methyl sites for hydroxylation is 2. The molecule has 3 aromatic carbocycles. The molecule has 4 aromatic rings. The molecule has 0 radical (unpaired) electrons. The van der Waals surface area contributed by atoms with Gasteiger partial charge in [0, 0.05) is 6.07 Å². The Morgan fingerprint density at radius 2 is 1.75 bits per heavy atom. The van der Waals surface area contributed by atoms with Gasteiger partial charge in [0.05, 0.1) is 16.9 Å². The monoisotopic (exact) mass is 370 g/mol. The zero-order valence-corrected chi connectivity index (χ0v) is 16.1. The Bertz CT molecular complexity index is 1140. The van der Waals surface area contributed by atoms with E-state index in [1.54, 1.807) is 10.7 Å². The summed E-state index contributed by atoms with van der Waals surface area (Å²) in [6, 6.07) is 23.3. The Hall–Kier alpha value is -3.40. The highest BCUT2D eigenvalue weighted by Crippen LogP contribution is 2.25. The van der Waals surface area contributed by atoms with Gasteiger partial charge in [0.25, 0.3) is 0 Å². The zero-order chi connectivity index (χ0) is 19.5. The SMILES string of the molecule is CCCc1cc(OC(=O)c2cccc3ccccc23)n(-c2ccccc2C)n1. The fourth-order valence-electron chi connectivity index (χ4n) is 3.39. The summed E-state index contributed by atoms with van der Waals surface area (Å²) < 4.78 is 7.56. The fraction of sp³-hybridized carbons (Fsp3) is 0.167. The van der Waals surface area contributed by atoms with Crippen LogP contribution in [0.3, 0.4) is 0 Å². The molecule has 0 spiro atoms. The van der Waals surface area contributed by atoms with Gasteiger partial charge in [-0.15, -0.1) is 0 Å². The van der Waals surface area contributed by atoms with Crippen molar-refractivity contribution in [2.24, 2.45) is 0 Å². The Labute approximate surface area is 164 Å². The molecule has 4 rings (SSSR count). The van der Waals surface area contributed by atoms with Gasteiger partial charge in [-0.05, 0) is 41.8 Å². The van der Waals surface area contributed by atoms with Gasteiger partial charge in [0.15, 0.2) is 0 Å². The molecule has 0 atom stereocenters. The Morgan fingerprint density at radius 3 is 2.57 bits per heavy atom. The van der Waals surface area contributed by atoms with Crippen LogP contribution >= 0.6 is 0 Å². The molecule has 4 heteroatoms. The molecule has 1 heterocycles. The standard InChI is InChI=1S/C24H22N2O2/c1-3-9-19-16-23(26(25-19)22-15-7-4-10-17(22)2)28-24(27)21-14-8-12-18-11-5-6-13-20(18)21/h4-8,10-16H,3,9H2,1-2H3. The van der Waals surface area contributed by atoms with Crippen LogP contribution in [0, 0.1) is 6.92 Å². The summed E-state index contributed by atoms with van der Waals surface area (Å²) in [4.78, 5) is 13.0. The van der Waals surface area contributed by atoms with E-state index in [0.717, 1.165) is 40.6 Å². The molecule has 0 fully saturated rings. The fourth-order valence-corrected chi connectivity index (χ4v) is 3.39. The van der Waals surface area contributed by atoms with Crippen molar-refractivity contribution in [2.75, 3.05) is 0 Å². The van der Waals surface area contributed by atoms with Crippen molar-refractivity contribution in [3.63, 3.8) is 0 Å². The summed E-state index contributed by atoms with van der Waals surface area (Å²) in [6.07, 6.45) is 1.80. The summed E-state index contributed by atoms with van der Waals surface area (Å²) in [5.74, 6) is 0.0604. The largest absolute Gasteiger partial charge is 0.404 e. The number of ether oxygens (including phenoxy) is 1. The van der Waals surface area contributed by atoms with Crippen molar-refractivity contribution in [3.05, 3.63) is 89.6 Å². The maximum Gasteiger partial charge on any atom is 0.345 e. The molecule has 0 aliphatic carbocycles. The molecule has 1 aromatic heterocycles. The molecular weight excluding hydrogens is 348 g/mol. The summed E-state index contributed by atoms with van der Waals surface area (Å²) in [5.41, 5.74) is 3.43. The second-order valence-corrected chi connectivity index (χ2v) is 6.84. The van der Waals surface area contributed by atoms with Gasteiger partial charge in [0.1, 0.15) is 0 Å². The van der Waals surface area contributed by atoms with Crippen molar-refractivity contribution in [1.82, 2.24) is 9.78 Å². The number of carbonyl (C=O) groups is 1. The van der Waals surface area contributed by atoms with E-state index in [0.29, 0.717) is 11.4 Å². The molecule has 0 saturated heterocycles. The van der Waals surface area contributed by atoms with E-state index in [-0.39, 0.29) is 5.97 Å². The van der Waals surface area contributed by atoms with Gasteiger partial charge in [-0.2, -0.15) is 5.10 Å². The zero-order valence-electron chi connectivity index (χ0n) is 16.1. The van der Waals surface area contributed by atoms with Gasteiger partial charge in [-0.3, -0.25) is 0 Å². The minimum absolute atomic E-state index is 0.380. The van der Waals surface area contributed by atoms with Gasteiger partial charge in [0.2, 0.25) is 5.88 Å². The summed E-state index contributed by atoms with van der Waals surface area (Å²) in [7, 11) is 0.